The molecule has 0 radical (unpaired) electrons. The SMILES string of the molecule is O=C(O)c1ccc2c(c1)CCCC(c1ccc(Cl)cc1Cl)=C2c1ccc(N[C@H]2CCNC2)cc1. The van der Waals surface area contributed by atoms with E-state index in [4.69, 9.17) is 23.2 Å². The zero-order valence-electron chi connectivity index (χ0n) is 18.7. The number of hydrogen-bond acceptors (Lipinski definition) is 3. The molecule has 34 heavy (non-hydrogen) atoms. The standard InChI is InChI=1S/C28H26Cl2N2O2/c29-20-7-11-24(26(30)15-20)25-3-1-2-18-14-19(28(33)34)6-10-23(18)27(25)17-4-8-21(9-5-17)32-22-12-13-31-16-22/h4-11,14-15,22,31-32H,1-3,12-13,16H2,(H,33,34)/t22-/m0/s1. The van der Waals surface area contributed by atoms with E-state index in [1.54, 1.807) is 12.1 Å². The fourth-order valence-corrected chi connectivity index (χ4v) is 5.52. The summed E-state index contributed by atoms with van der Waals surface area (Å²) < 4.78 is 0. The molecule has 3 aromatic carbocycles. The molecule has 0 amide bonds. The number of anilines is 1. The second-order valence-electron chi connectivity index (χ2n) is 8.92. The molecule has 3 aromatic rings. The van der Waals surface area contributed by atoms with E-state index in [0.717, 1.165) is 77.9 Å². The molecule has 0 aromatic heterocycles. The number of hydrogen-bond donors (Lipinski definition) is 3. The second kappa shape index (κ2) is 9.83. The summed E-state index contributed by atoms with van der Waals surface area (Å²) in [7, 11) is 0. The molecule has 4 nitrogen and oxygen atoms in total. The van der Waals surface area contributed by atoms with Crippen LogP contribution in [-0.2, 0) is 6.42 Å². The zero-order valence-corrected chi connectivity index (χ0v) is 20.2. The highest BCUT2D eigenvalue weighted by Gasteiger charge is 2.23. The molecule has 1 saturated heterocycles. The van der Waals surface area contributed by atoms with Crippen molar-refractivity contribution in [1.29, 1.82) is 0 Å². The van der Waals surface area contributed by atoms with Crippen LogP contribution in [0.2, 0.25) is 10.0 Å². The first-order valence-corrected chi connectivity index (χ1v) is 12.4. The maximum atomic E-state index is 11.6. The van der Waals surface area contributed by atoms with Crippen molar-refractivity contribution >= 4 is 46.0 Å². The number of nitrogens with one attached hydrogen (secondary N) is 2. The first-order chi connectivity index (χ1) is 16.5. The first-order valence-electron chi connectivity index (χ1n) is 11.6. The number of carboxylic acid groups (broad SMARTS) is 1. The molecule has 3 N–H and O–H groups in total. The van der Waals surface area contributed by atoms with E-state index in [1.165, 1.54) is 0 Å². The lowest BCUT2D eigenvalue weighted by molar-refractivity contribution is 0.0696. The molecule has 1 aliphatic heterocycles. The van der Waals surface area contributed by atoms with Crippen LogP contribution in [0.4, 0.5) is 5.69 Å². The van der Waals surface area contributed by atoms with Gasteiger partial charge in [0.2, 0.25) is 0 Å². The van der Waals surface area contributed by atoms with Gasteiger partial charge < -0.3 is 15.7 Å². The molecule has 1 fully saturated rings. The monoisotopic (exact) mass is 492 g/mol. The summed E-state index contributed by atoms with van der Waals surface area (Å²) >= 11 is 12.9. The summed E-state index contributed by atoms with van der Waals surface area (Å²) in [6.07, 6.45) is 3.66. The van der Waals surface area contributed by atoms with Crippen LogP contribution in [0, 0.1) is 0 Å². The summed E-state index contributed by atoms with van der Waals surface area (Å²) in [4.78, 5) is 11.6. The summed E-state index contributed by atoms with van der Waals surface area (Å²) in [6.45, 7) is 2.02. The van der Waals surface area contributed by atoms with Gasteiger partial charge in [-0.05, 0) is 102 Å². The van der Waals surface area contributed by atoms with Gasteiger partial charge in [0.15, 0.2) is 0 Å². The number of benzene rings is 3. The Hall–Kier alpha value is -2.79. The number of fused-ring (bicyclic) bond motifs is 1. The van der Waals surface area contributed by atoms with Crippen molar-refractivity contribution in [1.82, 2.24) is 5.32 Å². The molecule has 0 saturated carbocycles. The average molecular weight is 493 g/mol. The van der Waals surface area contributed by atoms with E-state index in [9.17, 15) is 9.90 Å². The van der Waals surface area contributed by atoms with Crippen molar-refractivity contribution in [3.63, 3.8) is 0 Å². The van der Waals surface area contributed by atoms with Crippen LogP contribution in [0.1, 0.15) is 51.9 Å². The van der Waals surface area contributed by atoms with E-state index in [2.05, 4.69) is 34.9 Å². The second-order valence-corrected chi connectivity index (χ2v) is 9.76. The van der Waals surface area contributed by atoms with Crippen molar-refractivity contribution in [3.05, 3.63) is 98.5 Å². The normalized spacial score (nSPS) is 17.9. The third-order valence-corrected chi connectivity index (χ3v) is 7.20. The van der Waals surface area contributed by atoms with Crippen molar-refractivity contribution in [2.75, 3.05) is 18.4 Å². The molecule has 2 aliphatic rings. The molecular weight excluding hydrogens is 467 g/mol. The Morgan fingerprint density at radius 2 is 1.76 bits per heavy atom. The highest BCUT2D eigenvalue weighted by atomic mass is 35.5. The molecule has 1 heterocycles. The number of aromatic carboxylic acids is 1. The van der Waals surface area contributed by atoms with Gasteiger partial charge >= 0.3 is 5.97 Å². The van der Waals surface area contributed by atoms with E-state index in [-0.39, 0.29) is 0 Å². The van der Waals surface area contributed by atoms with Crippen LogP contribution in [0.3, 0.4) is 0 Å². The van der Waals surface area contributed by atoms with Gasteiger partial charge in [-0.15, -0.1) is 0 Å². The van der Waals surface area contributed by atoms with E-state index in [0.29, 0.717) is 21.7 Å². The Kier molecular flexibility index (Phi) is 6.64. The van der Waals surface area contributed by atoms with Gasteiger partial charge in [0, 0.05) is 28.3 Å². The molecule has 1 aliphatic carbocycles. The minimum Gasteiger partial charge on any atom is -0.478 e. The molecule has 0 spiro atoms. The fourth-order valence-electron chi connectivity index (χ4n) is 5.00. The predicted molar refractivity (Wildman–Crippen MR) is 140 cm³/mol. The van der Waals surface area contributed by atoms with Crippen molar-refractivity contribution in [3.8, 4) is 0 Å². The number of allylic oxidation sites excluding steroid dienone is 1. The Bertz CT molecular complexity index is 1260. The van der Waals surface area contributed by atoms with Gasteiger partial charge in [-0.3, -0.25) is 0 Å². The lowest BCUT2D eigenvalue weighted by Gasteiger charge is -2.19. The maximum absolute atomic E-state index is 11.6. The smallest absolute Gasteiger partial charge is 0.335 e. The van der Waals surface area contributed by atoms with Gasteiger partial charge in [-0.1, -0.05) is 47.5 Å². The number of aryl methyl sites for hydroxylation is 1. The summed E-state index contributed by atoms with van der Waals surface area (Å²) in [6, 6.07) is 20.1. The van der Waals surface area contributed by atoms with Crippen LogP contribution in [0.5, 0.6) is 0 Å². The molecule has 1 atom stereocenters. The minimum absolute atomic E-state index is 0.316. The van der Waals surface area contributed by atoms with E-state index in [1.807, 2.05) is 24.3 Å². The molecule has 5 rings (SSSR count). The fraction of sp³-hybridized carbons (Fsp3) is 0.250. The summed E-state index contributed by atoms with van der Waals surface area (Å²) in [5.41, 5.74) is 7.83. The highest BCUT2D eigenvalue weighted by molar-refractivity contribution is 6.36. The summed E-state index contributed by atoms with van der Waals surface area (Å²) in [5.74, 6) is -0.907. The van der Waals surface area contributed by atoms with Crippen LogP contribution < -0.4 is 10.6 Å². The lowest BCUT2D eigenvalue weighted by atomic mass is 9.87. The van der Waals surface area contributed by atoms with Gasteiger partial charge in [0.05, 0.1) is 5.56 Å². The van der Waals surface area contributed by atoms with Gasteiger partial charge in [-0.2, -0.15) is 0 Å². The van der Waals surface area contributed by atoms with Crippen molar-refractivity contribution in [2.45, 2.75) is 31.7 Å². The first kappa shape index (κ1) is 23.0. The molecular formula is C28H26Cl2N2O2. The predicted octanol–water partition coefficient (Wildman–Crippen LogP) is 6.76. The number of carboxylic acids is 1. The van der Waals surface area contributed by atoms with Gasteiger partial charge in [0.25, 0.3) is 0 Å². The molecule has 0 bridgehead atoms. The van der Waals surface area contributed by atoms with E-state index < -0.39 is 5.97 Å². The third kappa shape index (κ3) is 4.72. The van der Waals surface area contributed by atoms with Gasteiger partial charge in [0.1, 0.15) is 0 Å². The van der Waals surface area contributed by atoms with Crippen LogP contribution in [0.15, 0.2) is 60.7 Å². The Morgan fingerprint density at radius 3 is 2.47 bits per heavy atom. The van der Waals surface area contributed by atoms with Crippen molar-refractivity contribution < 1.29 is 9.90 Å². The minimum atomic E-state index is -0.907. The molecule has 174 valence electrons. The molecule has 0 unspecified atom stereocenters. The quantitative estimate of drug-likeness (QED) is 0.368. The maximum Gasteiger partial charge on any atom is 0.335 e. The largest absolute Gasteiger partial charge is 0.478 e. The number of halogens is 2. The molecule has 6 heteroatoms. The Balaban J connectivity index is 1.64. The van der Waals surface area contributed by atoms with Crippen LogP contribution in [-0.4, -0.2) is 30.2 Å². The topological polar surface area (TPSA) is 61.4 Å². The highest BCUT2D eigenvalue weighted by Crippen LogP contribution is 2.42. The van der Waals surface area contributed by atoms with Gasteiger partial charge in [-0.25, -0.2) is 4.79 Å². The third-order valence-electron chi connectivity index (χ3n) is 6.66. The Labute approximate surface area is 209 Å². The van der Waals surface area contributed by atoms with Crippen LogP contribution >= 0.6 is 23.2 Å². The lowest BCUT2D eigenvalue weighted by Crippen LogP contribution is -2.21. The average Bonchev–Trinajstić information content (AvgIpc) is 3.25. The van der Waals surface area contributed by atoms with Crippen LogP contribution in [0.25, 0.3) is 11.1 Å². The number of rotatable bonds is 5. The Morgan fingerprint density at radius 1 is 0.971 bits per heavy atom. The number of carbonyl (C=O) groups is 1. The zero-order chi connectivity index (χ0) is 23.7. The van der Waals surface area contributed by atoms with Crippen molar-refractivity contribution in [2.24, 2.45) is 0 Å². The van der Waals surface area contributed by atoms with E-state index >= 15 is 0 Å². The summed E-state index contributed by atoms with van der Waals surface area (Å²) in [5, 5.41) is 17.7.